The first-order valence-electron chi connectivity index (χ1n) is 3.16. The van der Waals surface area contributed by atoms with Gasteiger partial charge in [0, 0.05) is 10.1 Å². The maximum Gasteiger partial charge on any atom is 0.694 e. The molecular weight excluding hydrogens is 181 g/mol. The molecule has 1 amide bonds. The largest absolute Gasteiger partial charge is 0.694 e. The molecule has 70 valence electrons. The fourth-order valence-corrected chi connectivity index (χ4v) is 0.331. The highest BCUT2D eigenvalue weighted by Gasteiger charge is 2.06. The standard InChI is InChI=1S/C4H7NO.C2H5O3P/c1-3(2)4(5)6;1-2-5-6(3)4/h1H2,2H3,(H2,5,6);2H2,1H3/p+1. The molecule has 0 rings (SSSR count). The first-order valence-corrected chi connectivity index (χ1v) is 4.29. The number of hydrogen-bond donors (Lipinski definition) is 2. The molecule has 0 aromatic carbocycles. The van der Waals surface area contributed by atoms with Gasteiger partial charge in [-0.1, -0.05) is 6.58 Å². The molecule has 0 fully saturated rings. The summed E-state index contributed by atoms with van der Waals surface area (Å²) in [5.41, 5.74) is 5.09. The van der Waals surface area contributed by atoms with Gasteiger partial charge in [0.2, 0.25) is 5.91 Å². The molecule has 0 heterocycles. The Kier molecular flexibility index (Phi) is 9.57. The SMILES string of the molecule is C=C(C)C(N)=O.CCO[P+](=O)O. The van der Waals surface area contributed by atoms with E-state index in [1.807, 2.05) is 0 Å². The first-order chi connectivity index (χ1) is 5.41. The Bertz CT molecular complexity index is 168. The summed E-state index contributed by atoms with van der Waals surface area (Å²) in [6, 6.07) is 0. The van der Waals surface area contributed by atoms with Gasteiger partial charge in [-0.3, -0.25) is 4.79 Å². The summed E-state index contributed by atoms with van der Waals surface area (Å²) < 4.78 is 13.6. The molecule has 0 radical (unpaired) electrons. The zero-order chi connectivity index (χ0) is 10.1. The number of amides is 1. The van der Waals surface area contributed by atoms with Crippen molar-refractivity contribution in [2.45, 2.75) is 13.8 Å². The van der Waals surface area contributed by atoms with Gasteiger partial charge in [-0.05, 0) is 13.8 Å². The van der Waals surface area contributed by atoms with E-state index in [4.69, 9.17) is 10.6 Å². The second-order valence-corrected chi connectivity index (χ2v) is 2.53. The summed E-state index contributed by atoms with van der Waals surface area (Å²) in [6.07, 6.45) is 0. The fourth-order valence-electron chi connectivity index (χ4n) is 0.110. The molecular formula is C6H13NO4P+. The van der Waals surface area contributed by atoms with E-state index in [1.54, 1.807) is 13.8 Å². The fraction of sp³-hybridized carbons (Fsp3) is 0.500. The van der Waals surface area contributed by atoms with Gasteiger partial charge in [0.05, 0.1) is 0 Å². The molecule has 1 atom stereocenters. The highest BCUT2D eigenvalue weighted by atomic mass is 31.1. The molecule has 0 saturated heterocycles. The van der Waals surface area contributed by atoms with Crippen molar-refractivity contribution >= 4 is 14.2 Å². The average Bonchev–Trinajstić information content (AvgIpc) is 1.87. The van der Waals surface area contributed by atoms with Crippen molar-refractivity contribution in [3.8, 4) is 0 Å². The van der Waals surface area contributed by atoms with Crippen LogP contribution in [0.1, 0.15) is 13.8 Å². The van der Waals surface area contributed by atoms with Crippen LogP contribution < -0.4 is 5.73 Å². The molecule has 0 spiro atoms. The Balaban J connectivity index is 0. The van der Waals surface area contributed by atoms with Gasteiger partial charge in [-0.2, -0.15) is 0 Å². The molecule has 5 nitrogen and oxygen atoms in total. The van der Waals surface area contributed by atoms with Gasteiger partial charge in [-0.25, -0.2) is 0 Å². The van der Waals surface area contributed by atoms with Crippen LogP contribution in [0.3, 0.4) is 0 Å². The van der Waals surface area contributed by atoms with Crippen LogP contribution in [0, 0.1) is 0 Å². The monoisotopic (exact) mass is 194 g/mol. The molecule has 12 heavy (non-hydrogen) atoms. The third kappa shape index (κ3) is 16.1. The minimum absolute atomic E-state index is 0.297. The van der Waals surface area contributed by atoms with Crippen LogP contribution in [0.15, 0.2) is 12.2 Å². The van der Waals surface area contributed by atoms with Crippen LogP contribution in [-0.2, 0) is 13.9 Å². The number of carbonyl (C=O) groups excluding carboxylic acids is 1. The zero-order valence-corrected chi connectivity index (χ0v) is 8.01. The van der Waals surface area contributed by atoms with Gasteiger partial charge in [0.1, 0.15) is 6.61 Å². The molecule has 0 aliphatic heterocycles. The van der Waals surface area contributed by atoms with E-state index in [9.17, 15) is 9.36 Å². The van der Waals surface area contributed by atoms with Crippen molar-refractivity contribution in [2.24, 2.45) is 5.73 Å². The Morgan fingerprint density at radius 2 is 2.08 bits per heavy atom. The highest BCUT2D eigenvalue weighted by Crippen LogP contribution is 2.12. The van der Waals surface area contributed by atoms with Gasteiger partial charge in [-0.15, -0.1) is 9.42 Å². The summed E-state index contributed by atoms with van der Waals surface area (Å²) in [5, 5.41) is 0. The Labute approximate surface area is 72.2 Å². The Morgan fingerprint density at radius 3 is 2.08 bits per heavy atom. The number of hydrogen-bond acceptors (Lipinski definition) is 3. The van der Waals surface area contributed by atoms with Gasteiger partial charge in [0.15, 0.2) is 0 Å². The van der Waals surface area contributed by atoms with Crippen molar-refractivity contribution in [1.29, 1.82) is 0 Å². The molecule has 6 heteroatoms. The number of carbonyl (C=O) groups is 1. The summed E-state index contributed by atoms with van der Waals surface area (Å²) in [5.74, 6) is -0.435. The van der Waals surface area contributed by atoms with Gasteiger partial charge >= 0.3 is 8.25 Å². The third-order valence-corrected chi connectivity index (χ3v) is 1.14. The minimum atomic E-state index is -2.35. The van der Waals surface area contributed by atoms with E-state index in [2.05, 4.69) is 11.1 Å². The normalized spacial score (nSPS) is 9.42. The lowest BCUT2D eigenvalue weighted by atomic mass is 10.3. The second-order valence-electron chi connectivity index (χ2n) is 1.80. The van der Waals surface area contributed by atoms with E-state index in [0.29, 0.717) is 12.2 Å². The smallest absolute Gasteiger partial charge is 0.366 e. The quantitative estimate of drug-likeness (QED) is 0.511. The number of rotatable bonds is 3. The van der Waals surface area contributed by atoms with Crippen LogP contribution in [0.2, 0.25) is 0 Å². The van der Waals surface area contributed by atoms with E-state index >= 15 is 0 Å². The van der Waals surface area contributed by atoms with E-state index in [0.717, 1.165) is 0 Å². The van der Waals surface area contributed by atoms with Crippen LogP contribution in [0.25, 0.3) is 0 Å². The Morgan fingerprint density at radius 1 is 1.75 bits per heavy atom. The van der Waals surface area contributed by atoms with Crippen LogP contribution in [0.5, 0.6) is 0 Å². The van der Waals surface area contributed by atoms with Gasteiger partial charge in [0.25, 0.3) is 0 Å². The second kappa shape index (κ2) is 8.33. The highest BCUT2D eigenvalue weighted by molar-refractivity contribution is 7.32. The number of nitrogens with two attached hydrogens (primary N) is 1. The third-order valence-electron chi connectivity index (χ3n) is 0.660. The molecule has 0 aromatic rings. The molecule has 1 unspecified atom stereocenters. The molecule has 3 N–H and O–H groups in total. The summed E-state index contributed by atoms with van der Waals surface area (Å²) in [7, 11) is -2.35. The van der Waals surface area contributed by atoms with Crippen molar-refractivity contribution in [3.63, 3.8) is 0 Å². The predicted octanol–water partition coefficient (Wildman–Crippen LogP) is 0.720. The van der Waals surface area contributed by atoms with Gasteiger partial charge < -0.3 is 5.73 Å². The molecule has 0 aromatic heterocycles. The summed E-state index contributed by atoms with van der Waals surface area (Å²) >= 11 is 0. The maximum atomic E-state index is 9.82. The lowest BCUT2D eigenvalue weighted by Crippen LogP contribution is -2.10. The number of primary amides is 1. The lowest BCUT2D eigenvalue weighted by molar-refractivity contribution is -0.114. The zero-order valence-electron chi connectivity index (χ0n) is 7.11. The van der Waals surface area contributed by atoms with Crippen molar-refractivity contribution in [3.05, 3.63) is 12.2 Å². The molecule has 0 bridgehead atoms. The van der Waals surface area contributed by atoms with E-state index < -0.39 is 14.2 Å². The summed E-state index contributed by atoms with van der Waals surface area (Å²) in [6.45, 7) is 6.81. The van der Waals surface area contributed by atoms with Crippen molar-refractivity contribution in [2.75, 3.05) is 6.61 Å². The molecule has 0 aliphatic rings. The van der Waals surface area contributed by atoms with Crippen LogP contribution >= 0.6 is 8.25 Å². The van der Waals surface area contributed by atoms with Crippen LogP contribution in [-0.4, -0.2) is 17.4 Å². The Hall–Kier alpha value is -0.770. The summed E-state index contributed by atoms with van der Waals surface area (Å²) in [4.78, 5) is 17.7. The molecule has 0 saturated carbocycles. The maximum absolute atomic E-state index is 9.82. The average molecular weight is 194 g/mol. The predicted molar refractivity (Wildman–Crippen MR) is 45.5 cm³/mol. The van der Waals surface area contributed by atoms with E-state index in [1.165, 1.54) is 0 Å². The first kappa shape index (κ1) is 13.8. The van der Waals surface area contributed by atoms with E-state index in [-0.39, 0.29) is 0 Å². The molecule has 0 aliphatic carbocycles. The minimum Gasteiger partial charge on any atom is -0.366 e. The lowest BCUT2D eigenvalue weighted by Gasteiger charge is -1.81. The van der Waals surface area contributed by atoms with Crippen LogP contribution in [0.4, 0.5) is 0 Å². The van der Waals surface area contributed by atoms with Crippen molar-refractivity contribution in [1.82, 2.24) is 0 Å². The van der Waals surface area contributed by atoms with Crippen molar-refractivity contribution < 1.29 is 18.8 Å². The topological polar surface area (TPSA) is 89.6 Å².